The third-order valence-electron chi connectivity index (χ3n) is 5.27. The molecule has 4 nitrogen and oxygen atoms in total. The molecule has 2 aliphatic rings. The molecule has 1 amide bonds. The second-order valence-corrected chi connectivity index (χ2v) is 8.58. The van der Waals surface area contributed by atoms with Crippen molar-refractivity contribution in [3.05, 3.63) is 51.2 Å². The molecule has 1 aromatic carbocycles. The number of rotatable bonds is 4. The van der Waals surface area contributed by atoms with Crippen molar-refractivity contribution in [3.8, 4) is 0 Å². The normalized spacial score (nSPS) is 20.6. The van der Waals surface area contributed by atoms with Crippen LogP contribution in [0.2, 0.25) is 0 Å². The third-order valence-corrected chi connectivity index (χ3v) is 6.51. The lowest BCUT2D eigenvalue weighted by Crippen LogP contribution is -2.35. The minimum atomic E-state index is 0.0120. The molecule has 0 radical (unpaired) electrons. The molecule has 1 N–H and O–H groups in total. The summed E-state index contributed by atoms with van der Waals surface area (Å²) in [6.07, 6.45) is 3.46. The van der Waals surface area contributed by atoms with E-state index in [-0.39, 0.29) is 5.91 Å². The summed E-state index contributed by atoms with van der Waals surface area (Å²) >= 11 is 1.66. The molecular formula is C21H26N2O2S. The first-order valence-electron chi connectivity index (χ1n) is 9.49. The summed E-state index contributed by atoms with van der Waals surface area (Å²) in [7, 11) is 0. The Hall–Kier alpha value is -1.69. The van der Waals surface area contributed by atoms with Crippen LogP contribution in [0.4, 0.5) is 5.69 Å². The summed E-state index contributed by atoms with van der Waals surface area (Å²) < 4.78 is 5.39. The van der Waals surface area contributed by atoms with Gasteiger partial charge in [0.25, 0.3) is 5.91 Å². The summed E-state index contributed by atoms with van der Waals surface area (Å²) in [5.41, 5.74) is 3.51. The smallest absolute Gasteiger partial charge is 0.265 e. The largest absolute Gasteiger partial charge is 0.379 e. The molecule has 4 rings (SSSR count). The van der Waals surface area contributed by atoms with Crippen molar-refractivity contribution < 1.29 is 9.53 Å². The predicted molar refractivity (Wildman–Crippen MR) is 106 cm³/mol. The van der Waals surface area contributed by atoms with E-state index < -0.39 is 0 Å². The van der Waals surface area contributed by atoms with E-state index >= 15 is 0 Å². The Balaban J connectivity index is 1.37. The second kappa shape index (κ2) is 7.91. The first kappa shape index (κ1) is 17.7. The molecule has 1 aliphatic carbocycles. The van der Waals surface area contributed by atoms with E-state index in [0.29, 0.717) is 0 Å². The van der Waals surface area contributed by atoms with E-state index in [1.54, 1.807) is 11.3 Å². The molecule has 2 heterocycles. The van der Waals surface area contributed by atoms with Crippen molar-refractivity contribution in [2.24, 2.45) is 5.92 Å². The van der Waals surface area contributed by atoms with E-state index in [2.05, 4.69) is 35.3 Å². The monoisotopic (exact) mass is 370 g/mol. The Kier molecular flexibility index (Phi) is 5.38. The summed E-state index contributed by atoms with van der Waals surface area (Å²) in [5, 5.41) is 3.05. The summed E-state index contributed by atoms with van der Waals surface area (Å²) in [6, 6.07) is 10.3. The second-order valence-electron chi connectivity index (χ2n) is 7.45. The molecule has 1 saturated heterocycles. The van der Waals surface area contributed by atoms with Crippen LogP contribution < -0.4 is 5.32 Å². The summed E-state index contributed by atoms with van der Waals surface area (Å²) in [4.78, 5) is 17.2. The van der Waals surface area contributed by atoms with Gasteiger partial charge in [-0.3, -0.25) is 9.69 Å². The number of thiophene rings is 1. The first-order chi connectivity index (χ1) is 12.7. The van der Waals surface area contributed by atoms with Gasteiger partial charge in [0.2, 0.25) is 0 Å². The van der Waals surface area contributed by atoms with E-state index in [1.807, 2.05) is 12.1 Å². The average Bonchev–Trinajstić information content (AvgIpc) is 3.07. The highest BCUT2D eigenvalue weighted by atomic mass is 32.1. The molecule has 138 valence electrons. The lowest BCUT2D eigenvalue weighted by molar-refractivity contribution is 0.0342. The maximum Gasteiger partial charge on any atom is 0.265 e. The molecule has 1 aromatic heterocycles. The van der Waals surface area contributed by atoms with E-state index in [1.165, 1.54) is 22.4 Å². The van der Waals surface area contributed by atoms with Crippen molar-refractivity contribution in [1.29, 1.82) is 0 Å². The Bertz CT molecular complexity index is 763. The molecule has 2 aromatic rings. The SMILES string of the molecule is CC1CCc2sc(C(=O)Nc3ccc(CN4CCOCC4)cc3)cc2C1. The number of nitrogens with one attached hydrogen (secondary N) is 1. The zero-order valence-corrected chi connectivity index (χ0v) is 16.1. The van der Waals surface area contributed by atoms with Gasteiger partial charge in [-0.1, -0.05) is 19.1 Å². The third kappa shape index (κ3) is 4.17. The highest BCUT2D eigenvalue weighted by molar-refractivity contribution is 7.14. The van der Waals surface area contributed by atoms with Gasteiger partial charge in [0.15, 0.2) is 0 Å². The fourth-order valence-electron chi connectivity index (χ4n) is 3.72. The molecule has 0 bridgehead atoms. The molecule has 1 fully saturated rings. The maximum atomic E-state index is 12.6. The highest BCUT2D eigenvalue weighted by Crippen LogP contribution is 2.32. The zero-order chi connectivity index (χ0) is 17.9. The van der Waals surface area contributed by atoms with Gasteiger partial charge in [0, 0.05) is 30.2 Å². The van der Waals surface area contributed by atoms with Crippen LogP contribution >= 0.6 is 11.3 Å². The van der Waals surface area contributed by atoms with Crippen LogP contribution in [0.3, 0.4) is 0 Å². The first-order valence-corrected chi connectivity index (χ1v) is 10.3. The van der Waals surface area contributed by atoms with Gasteiger partial charge in [0.1, 0.15) is 0 Å². The molecule has 1 aliphatic heterocycles. The van der Waals surface area contributed by atoms with Crippen LogP contribution in [-0.2, 0) is 24.1 Å². The van der Waals surface area contributed by atoms with Crippen molar-refractivity contribution in [2.45, 2.75) is 32.7 Å². The lowest BCUT2D eigenvalue weighted by Gasteiger charge is -2.26. The predicted octanol–water partition coefficient (Wildman–Crippen LogP) is 3.96. The number of nitrogens with zero attached hydrogens (tertiary/aromatic N) is 1. The van der Waals surface area contributed by atoms with Crippen LogP contribution in [0, 0.1) is 5.92 Å². The van der Waals surface area contributed by atoms with Gasteiger partial charge >= 0.3 is 0 Å². The number of hydrogen-bond donors (Lipinski definition) is 1. The van der Waals surface area contributed by atoms with Crippen molar-refractivity contribution in [3.63, 3.8) is 0 Å². The van der Waals surface area contributed by atoms with Crippen LogP contribution in [0.25, 0.3) is 0 Å². The Morgan fingerprint density at radius 1 is 1.27 bits per heavy atom. The minimum absolute atomic E-state index is 0.0120. The van der Waals surface area contributed by atoms with E-state index in [4.69, 9.17) is 4.74 Å². The fourth-order valence-corrected chi connectivity index (χ4v) is 4.82. The lowest BCUT2D eigenvalue weighted by atomic mass is 9.90. The molecule has 0 saturated carbocycles. The number of hydrogen-bond acceptors (Lipinski definition) is 4. The Morgan fingerprint density at radius 3 is 2.81 bits per heavy atom. The number of aryl methyl sites for hydroxylation is 1. The molecule has 1 unspecified atom stereocenters. The standard InChI is InChI=1S/C21H26N2O2S/c1-15-2-7-19-17(12-15)13-20(26-19)21(24)22-18-5-3-16(4-6-18)14-23-8-10-25-11-9-23/h3-6,13,15H,2,7-12,14H2,1H3,(H,22,24). The van der Waals surface area contributed by atoms with Crippen LogP contribution in [0.15, 0.2) is 30.3 Å². The van der Waals surface area contributed by atoms with E-state index in [9.17, 15) is 4.79 Å². The van der Waals surface area contributed by atoms with Crippen LogP contribution in [0.5, 0.6) is 0 Å². The number of anilines is 1. The van der Waals surface area contributed by atoms with E-state index in [0.717, 1.165) is 62.2 Å². The van der Waals surface area contributed by atoms with Crippen LogP contribution in [-0.4, -0.2) is 37.1 Å². The number of carbonyl (C=O) groups is 1. The molecule has 1 atom stereocenters. The number of carbonyl (C=O) groups excluding carboxylic acids is 1. The fraction of sp³-hybridized carbons (Fsp3) is 0.476. The van der Waals surface area contributed by atoms with Gasteiger partial charge in [0.05, 0.1) is 18.1 Å². The Morgan fingerprint density at radius 2 is 2.04 bits per heavy atom. The van der Waals surface area contributed by atoms with Crippen LogP contribution in [0.1, 0.15) is 39.0 Å². The number of benzene rings is 1. The average molecular weight is 371 g/mol. The van der Waals surface area contributed by atoms with Gasteiger partial charge in [-0.25, -0.2) is 0 Å². The van der Waals surface area contributed by atoms with Crippen molar-refractivity contribution in [2.75, 3.05) is 31.6 Å². The molecule has 0 spiro atoms. The molecule has 26 heavy (non-hydrogen) atoms. The topological polar surface area (TPSA) is 41.6 Å². The molecule has 5 heteroatoms. The number of morpholine rings is 1. The van der Waals surface area contributed by atoms with Crippen molar-refractivity contribution >= 4 is 22.9 Å². The van der Waals surface area contributed by atoms with Gasteiger partial charge in [-0.15, -0.1) is 11.3 Å². The number of fused-ring (bicyclic) bond motifs is 1. The van der Waals surface area contributed by atoms with Gasteiger partial charge in [-0.2, -0.15) is 0 Å². The summed E-state index contributed by atoms with van der Waals surface area (Å²) in [6.45, 7) is 6.84. The van der Waals surface area contributed by atoms with Crippen molar-refractivity contribution in [1.82, 2.24) is 4.90 Å². The highest BCUT2D eigenvalue weighted by Gasteiger charge is 2.20. The molecular weight excluding hydrogens is 344 g/mol. The number of ether oxygens (including phenoxy) is 1. The maximum absolute atomic E-state index is 12.6. The Labute approximate surface area is 159 Å². The zero-order valence-electron chi connectivity index (χ0n) is 15.3. The van der Waals surface area contributed by atoms with Gasteiger partial charge < -0.3 is 10.1 Å². The summed E-state index contributed by atoms with van der Waals surface area (Å²) in [5.74, 6) is 0.741. The number of amides is 1. The minimum Gasteiger partial charge on any atom is -0.379 e. The van der Waals surface area contributed by atoms with Gasteiger partial charge in [-0.05, 0) is 54.5 Å². The quantitative estimate of drug-likeness (QED) is 0.886.